The highest BCUT2D eigenvalue weighted by molar-refractivity contribution is 6.04. The van der Waals surface area contributed by atoms with E-state index in [0.29, 0.717) is 35.1 Å². The zero-order valence-corrected chi connectivity index (χ0v) is 21.5. The van der Waals surface area contributed by atoms with Crippen molar-refractivity contribution in [3.8, 4) is 29.0 Å². The van der Waals surface area contributed by atoms with Crippen LogP contribution < -0.4 is 15.4 Å². The van der Waals surface area contributed by atoms with Crippen molar-refractivity contribution >= 4 is 29.9 Å². The van der Waals surface area contributed by atoms with Crippen LogP contribution in [0.4, 0.5) is 5.69 Å². The molecule has 0 radical (unpaired) electrons. The molecule has 0 saturated carbocycles. The van der Waals surface area contributed by atoms with Gasteiger partial charge in [-0.1, -0.05) is 25.1 Å². The van der Waals surface area contributed by atoms with Crippen LogP contribution >= 0.6 is 12.4 Å². The van der Waals surface area contributed by atoms with Crippen LogP contribution in [0.2, 0.25) is 0 Å². The maximum absolute atomic E-state index is 12.8. The number of aromatic nitrogens is 3. The number of carbonyl (C=O) groups is 2. The third kappa shape index (κ3) is 7.88. The van der Waals surface area contributed by atoms with E-state index in [-0.39, 0.29) is 24.9 Å². The molecule has 2 aromatic carbocycles. The summed E-state index contributed by atoms with van der Waals surface area (Å²) >= 11 is 0. The highest BCUT2D eigenvalue weighted by Crippen LogP contribution is 2.24. The number of benzene rings is 2. The van der Waals surface area contributed by atoms with E-state index in [9.17, 15) is 9.59 Å². The van der Waals surface area contributed by atoms with Gasteiger partial charge >= 0.3 is 5.91 Å². The number of carbonyl (C=O) groups excluding carboxylic acids is 2. The lowest BCUT2D eigenvalue weighted by Crippen LogP contribution is -2.23. The summed E-state index contributed by atoms with van der Waals surface area (Å²) in [6.07, 6.45) is 5.80. The predicted molar refractivity (Wildman–Crippen MR) is 148 cm³/mol. The number of pyridine rings is 1. The molecule has 192 valence electrons. The van der Waals surface area contributed by atoms with Gasteiger partial charge in [0.15, 0.2) is 5.82 Å². The third-order valence-corrected chi connectivity index (χ3v) is 5.16. The first-order chi connectivity index (χ1) is 18.1. The van der Waals surface area contributed by atoms with Gasteiger partial charge in [0.2, 0.25) is 0 Å². The number of rotatable bonds is 8. The van der Waals surface area contributed by atoms with Gasteiger partial charge in [-0.2, -0.15) is 0 Å². The van der Waals surface area contributed by atoms with E-state index in [2.05, 4.69) is 37.4 Å². The van der Waals surface area contributed by atoms with Gasteiger partial charge in [-0.25, -0.2) is 15.0 Å². The summed E-state index contributed by atoms with van der Waals surface area (Å²) in [4.78, 5) is 37.6. The van der Waals surface area contributed by atoms with Crippen LogP contribution in [0, 0.1) is 11.8 Å². The number of anilines is 1. The Labute approximate surface area is 227 Å². The molecule has 0 bridgehead atoms. The molecule has 4 aromatic rings. The van der Waals surface area contributed by atoms with Crippen molar-refractivity contribution in [2.45, 2.75) is 19.9 Å². The molecule has 0 spiro atoms. The maximum atomic E-state index is 12.8. The highest BCUT2D eigenvalue weighted by atomic mass is 35.5. The molecule has 38 heavy (non-hydrogen) atoms. The Hall–Kier alpha value is -4.74. The molecule has 2 N–H and O–H groups in total. The van der Waals surface area contributed by atoms with E-state index in [1.807, 2.05) is 19.1 Å². The van der Waals surface area contributed by atoms with Gasteiger partial charge in [-0.3, -0.25) is 9.59 Å². The fourth-order valence-corrected chi connectivity index (χ4v) is 3.36. The first-order valence-electron chi connectivity index (χ1n) is 11.8. The van der Waals surface area contributed by atoms with Gasteiger partial charge in [0.05, 0.1) is 6.61 Å². The summed E-state index contributed by atoms with van der Waals surface area (Å²) in [5.74, 6) is 5.78. The molecule has 0 fully saturated rings. The normalized spacial score (nSPS) is 9.82. The van der Waals surface area contributed by atoms with E-state index >= 15 is 0 Å². The Morgan fingerprint density at radius 3 is 2.39 bits per heavy atom. The lowest BCUT2D eigenvalue weighted by molar-refractivity contribution is -0.111. The second-order valence-electron chi connectivity index (χ2n) is 7.92. The Balaban J connectivity index is 0.00000400. The summed E-state index contributed by atoms with van der Waals surface area (Å²) in [6, 6.07) is 19.4. The van der Waals surface area contributed by atoms with Crippen molar-refractivity contribution in [2.75, 3.05) is 11.9 Å². The van der Waals surface area contributed by atoms with E-state index in [1.165, 1.54) is 0 Å². The molecule has 2 amide bonds. The van der Waals surface area contributed by atoms with E-state index in [0.717, 1.165) is 17.5 Å². The maximum Gasteiger partial charge on any atom is 0.300 e. The molecule has 0 aliphatic rings. The second kappa shape index (κ2) is 14.1. The second-order valence-corrected chi connectivity index (χ2v) is 7.92. The SMILES string of the molecule is CCCOc1ccc(NC(=O)C#Cc2ccccn2)cc1CNC(=O)c1ccc(-c2ncccn2)cc1.Cl. The number of amides is 2. The minimum Gasteiger partial charge on any atom is -0.493 e. The van der Waals surface area contributed by atoms with Crippen LogP contribution in [-0.2, 0) is 11.3 Å². The molecule has 0 unspecified atom stereocenters. The number of hydrogen-bond acceptors (Lipinski definition) is 6. The van der Waals surface area contributed by atoms with E-state index in [4.69, 9.17) is 4.74 Å². The molecule has 0 atom stereocenters. The largest absolute Gasteiger partial charge is 0.493 e. The highest BCUT2D eigenvalue weighted by Gasteiger charge is 2.11. The van der Waals surface area contributed by atoms with Gasteiger partial charge in [0.25, 0.3) is 5.91 Å². The summed E-state index contributed by atoms with van der Waals surface area (Å²) in [5, 5.41) is 5.68. The van der Waals surface area contributed by atoms with Crippen molar-refractivity contribution in [1.82, 2.24) is 20.3 Å². The lowest BCUT2D eigenvalue weighted by Gasteiger charge is -2.14. The zero-order chi connectivity index (χ0) is 25.9. The molecule has 8 nitrogen and oxygen atoms in total. The van der Waals surface area contributed by atoms with Gasteiger partial charge in [-0.05, 0) is 60.9 Å². The number of ether oxygens (including phenoxy) is 1. The fourth-order valence-electron chi connectivity index (χ4n) is 3.36. The number of halogens is 1. The summed E-state index contributed by atoms with van der Waals surface area (Å²) in [6.45, 7) is 2.76. The van der Waals surface area contributed by atoms with Crippen LogP contribution in [0.5, 0.6) is 5.75 Å². The molecule has 2 heterocycles. The van der Waals surface area contributed by atoms with Gasteiger partial charge in [0, 0.05) is 53.4 Å². The third-order valence-electron chi connectivity index (χ3n) is 5.16. The van der Waals surface area contributed by atoms with Crippen LogP contribution in [0.1, 0.15) is 35.0 Å². The van der Waals surface area contributed by atoms with E-state index in [1.54, 1.807) is 73.2 Å². The van der Waals surface area contributed by atoms with Gasteiger partial charge < -0.3 is 15.4 Å². The van der Waals surface area contributed by atoms with Crippen molar-refractivity contribution in [1.29, 1.82) is 0 Å². The zero-order valence-electron chi connectivity index (χ0n) is 20.7. The minimum absolute atomic E-state index is 0. The van der Waals surface area contributed by atoms with Crippen molar-refractivity contribution in [3.63, 3.8) is 0 Å². The van der Waals surface area contributed by atoms with Gasteiger partial charge in [0.1, 0.15) is 11.4 Å². The number of nitrogens with one attached hydrogen (secondary N) is 2. The van der Waals surface area contributed by atoms with Crippen LogP contribution in [0.25, 0.3) is 11.4 Å². The van der Waals surface area contributed by atoms with Crippen LogP contribution in [-0.4, -0.2) is 33.4 Å². The first kappa shape index (κ1) is 27.8. The summed E-state index contributed by atoms with van der Waals surface area (Å²) in [7, 11) is 0. The molecule has 4 rings (SSSR count). The fraction of sp³-hybridized carbons (Fsp3) is 0.138. The minimum atomic E-state index is -0.467. The van der Waals surface area contributed by atoms with E-state index < -0.39 is 5.91 Å². The topological polar surface area (TPSA) is 106 Å². The molecular weight excluding hydrogens is 502 g/mol. The Morgan fingerprint density at radius 1 is 0.921 bits per heavy atom. The molecule has 0 aliphatic carbocycles. The average Bonchev–Trinajstić information content (AvgIpc) is 2.95. The molecule has 0 aliphatic heterocycles. The summed E-state index contributed by atoms with van der Waals surface area (Å²) in [5.41, 5.74) is 3.10. The smallest absolute Gasteiger partial charge is 0.300 e. The van der Waals surface area contributed by atoms with Crippen LogP contribution in [0.15, 0.2) is 85.3 Å². The Bertz CT molecular complexity index is 1420. The number of hydrogen-bond donors (Lipinski definition) is 2. The summed E-state index contributed by atoms with van der Waals surface area (Å²) < 4.78 is 5.84. The van der Waals surface area contributed by atoms with Crippen molar-refractivity contribution in [3.05, 3.63) is 102 Å². The molecular formula is C29H26ClN5O3. The lowest BCUT2D eigenvalue weighted by atomic mass is 10.1. The Kier molecular flexibility index (Phi) is 10.3. The monoisotopic (exact) mass is 527 g/mol. The van der Waals surface area contributed by atoms with Crippen molar-refractivity contribution in [2.24, 2.45) is 0 Å². The molecule has 9 heteroatoms. The van der Waals surface area contributed by atoms with Crippen molar-refractivity contribution < 1.29 is 14.3 Å². The molecule has 2 aromatic heterocycles. The Morgan fingerprint density at radius 2 is 1.68 bits per heavy atom. The standard InChI is InChI=1S/C29H25N5O3.ClH/c1-2-18-37-26-13-11-25(34-27(35)14-12-24-6-3-4-15-30-24)19-23(26)20-33-29(36)22-9-7-21(8-10-22)28-31-16-5-17-32-28;/h3-11,13,15-17,19H,2,18,20H2,1H3,(H,33,36)(H,34,35);1H. The number of nitrogens with zero attached hydrogens (tertiary/aromatic N) is 3. The van der Waals surface area contributed by atoms with Gasteiger partial charge in [-0.15, -0.1) is 12.4 Å². The quantitative estimate of drug-likeness (QED) is 0.323. The average molecular weight is 528 g/mol. The molecule has 0 saturated heterocycles. The first-order valence-corrected chi connectivity index (χ1v) is 11.8. The van der Waals surface area contributed by atoms with Crippen LogP contribution in [0.3, 0.4) is 0 Å². The predicted octanol–water partition coefficient (Wildman–Crippen LogP) is 4.67.